The summed E-state index contributed by atoms with van der Waals surface area (Å²) >= 11 is 0. The summed E-state index contributed by atoms with van der Waals surface area (Å²) in [5.41, 5.74) is 3.28. The molecule has 0 unspecified atom stereocenters. The highest BCUT2D eigenvalue weighted by Gasteiger charge is 2.06. The molecule has 2 rings (SSSR count). The molecular weight excluding hydrogens is 240 g/mol. The number of carbonyl (C=O) groups is 1. The van der Waals surface area contributed by atoms with Gasteiger partial charge in [0, 0.05) is 24.6 Å². The lowest BCUT2D eigenvalue weighted by molar-refractivity contribution is 0.0696. The van der Waals surface area contributed by atoms with Crippen LogP contribution in [0.1, 0.15) is 21.5 Å². The quantitative estimate of drug-likeness (QED) is 0.863. The number of nitrogens with one attached hydrogen (secondary N) is 1. The Morgan fingerprint density at radius 3 is 2.63 bits per heavy atom. The van der Waals surface area contributed by atoms with Gasteiger partial charge in [-0.25, -0.2) is 4.79 Å². The number of rotatable bonds is 5. The van der Waals surface area contributed by atoms with Crippen LogP contribution in [-0.2, 0) is 6.42 Å². The largest absolute Gasteiger partial charge is 0.478 e. The Bertz CT molecular complexity index is 568. The van der Waals surface area contributed by atoms with Crippen LogP contribution < -0.4 is 5.32 Å². The van der Waals surface area contributed by atoms with Crippen molar-refractivity contribution in [1.29, 1.82) is 0 Å². The van der Waals surface area contributed by atoms with Gasteiger partial charge in [-0.1, -0.05) is 0 Å². The normalized spacial score (nSPS) is 10.2. The van der Waals surface area contributed by atoms with Crippen LogP contribution in [0, 0.1) is 6.92 Å². The number of hydrogen-bond acceptors (Lipinski definition) is 3. The monoisotopic (exact) mass is 256 g/mol. The minimum atomic E-state index is -0.888. The summed E-state index contributed by atoms with van der Waals surface area (Å²) in [4.78, 5) is 14.9. The van der Waals surface area contributed by atoms with Crippen molar-refractivity contribution < 1.29 is 9.90 Å². The van der Waals surface area contributed by atoms with Gasteiger partial charge in [-0.15, -0.1) is 0 Å². The standard InChI is InChI=1S/C15H16N2O2/c1-11-10-13(2-3-14(11)15(18)19)17-9-6-12-4-7-16-8-5-12/h2-5,7-8,10,17H,6,9H2,1H3,(H,18,19). The smallest absolute Gasteiger partial charge is 0.335 e. The van der Waals surface area contributed by atoms with Gasteiger partial charge in [-0.05, 0) is 54.8 Å². The van der Waals surface area contributed by atoms with Crippen molar-refractivity contribution in [2.45, 2.75) is 13.3 Å². The van der Waals surface area contributed by atoms with Crippen molar-refractivity contribution in [2.75, 3.05) is 11.9 Å². The van der Waals surface area contributed by atoms with Crippen molar-refractivity contribution in [2.24, 2.45) is 0 Å². The van der Waals surface area contributed by atoms with Crippen LogP contribution in [0.15, 0.2) is 42.7 Å². The molecule has 1 heterocycles. The van der Waals surface area contributed by atoms with Crippen LogP contribution in [0.5, 0.6) is 0 Å². The van der Waals surface area contributed by atoms with Gasteiger partial charge in [0.25, 0.3) is 0 Å². The molecule has 0 saturated carbocycles. The number of pyridine rings is 1. The lowest BCUT2D eigenvalue weighted by Gasteiger charge is -2.08. The molecule has 4 heteroatoms. The van der Waals surface area contributed by atoms with Gasteiger partial charge in [0.2, 0.25) is 0 Å². The first-order chi connectivity index (χ1) is 9.16. The highest BCUT2D eigenvalue weighted by Crippen LogP contribution is 2.15. The average molecular weight is 256 g/mol. The Kier molecular flexibility index (Phi) is 4.13. The zero-order valence-electron chi connectivity index (χ0n) is 10.8. The summed E-state index contributed by atoms with van der Waals surface area (Å²) < 4.78 is 0. The summed E-state index contributed by atoms with van der Waals surface area (Å²) in [6, 6.07) is 9.26. The van der Waals surface area contributed by atoms with E-state index in [1.807, 2.05) is 18.2 Å². The highest BCUT2D eigenvalue weighted by molar-refractivity contribution is 5.89. The van der Waals surface area contributed by atoms with Crippen molar-refractivity contribution in [1.82, 2.24) is 4.98 Å². The number of aromatic nitrogens is 1. The summed E-state index contributed by atoms with van der Waals surface area (Å²) in [6.07, 6.45) is 4.46. The number of benzene rings is 1. The topological polar surface area (TPSA) is 62.2 Å². The Balaban J connectivity index is 1.93. The number of carboxylic acids is 1. The first kappa shape index (κ1) is 13.1. The third-order valence-electron chi connectivity index (χ3n) is 2.95. The highest BCUT2D eigenvalue weighted by atomic mass is 16.4. The molecule has 0 bridgehead atoms. The number of anilines is 1. The number of aryl methyl sites for hydroxylation is 1. The van der Waals surface area contributed by atoms with E-state index in [-0.39, 0.29) is 0 Å². The van der Waals surface area contributed by atoms with Crippen LogP contribution in [0.25, 0.3) is 0 Å². The molecule has 0 saturated heterocycles. The third kappa shape index (κ3) is 3.55. The molecule has 98 valence electrons. The van der Waals surface area contributed by atoms with Gasteiger partial charge < -0.3 is 10.4 Å². The van der Waals surface area contributed by atoms with Crippen LogP contribution in [-0.4, -0.2) is 22.6 Å². The van der Waals surface area contributed by atoms with Gasteiger partial charge >= 0.3 is 5.97 Å². The van der Waals surface area contributed by atoms with Gasteiger partial charge in [0.15, 0.2) is 0 Å². The fraction of sp³-hybridized carbons (Fsp3) is 0.200. The number of nitrogens with zero attached hydrogens (tertiary/aromatic N) is 1. The fourth-order valence-electron chi connectivity index (χ4n) is 1.91. The van der Waals surface area contributed by atoms with E-state index in [1.54, 1.807) is 31.5 Å². The van der Waals surface area contributed by atoms with E-state index in [1.165, 1.54) is 5.56 Å². The van der Waals surface area contributed by atoms with Gasteiger partial charge in [-0.3, -0.25) is 4.98 Å². The second-order valence-corrected chi connectivity index (χ2v) is 4.37. The minimum Gasteiger partial charge on any atom is -0.478 e. The lowest BCUT2D eigenvalue weighted by atomic mass is 10.1. The van der Waals surface area contributed by atoms with E-state index in [4.69, 9.17) is 5.11 Å². The Morgan fingerprint density at radius 2 is 2.00 bits per heavy atom. The number of aromatic carboxylic acids is 1. The van der Waals surface area contributed by atoms with Crippen molar-refractivity contribution in [3.05, 3.63) is 59.4 Å². The predicted molar refractivity (Wildman–Crippen MR) is 74.6 cm³/mol. The van der Waals surface area contributed by atoms with E-state index in [2.05, 4.69) is 10.3 Å². The molecule has 0 atom stereocenters. The Hall–Kier alpha value is -2.36. The van der Waals surface area contributed by atoms with Gasteiger partial charge in [-0.2, -0.15) is 0 Å². The molecular formula is C15H16N2O2. The van der Waals surface area contributed by atoms with E-state index >= 15 is 0 Å². The van der Waals surface area contributed by atoms with Crippen LogP contribution >= 0.6 is 0 Å². The lowest BCUT2D eigenvalue weighted by Crippen LogP contribution is -2.06. The molecule has 19 heavy (non-hydrogen) atoms. The van der Waals surface area contributed by atoms with Crippen LogP contribution in [0.3, 0.4) is 0 Å². The molecule has 4 nitrogen and oxygen atoms in total. The van der Waals surface area contributed by atoms with Gasteiger partial charge in [0.1, 0.15) is 0 Å². The maximum atomic E-state index is 10.9. The Morgan fingerprint density at radius 1 is 1.26 bits per heavy atom. The maximum absolute atomic E-state index is 10.9. The second-order valence-electron chi connectivity index (χ2n) is 4.37. The molecule has 1 aromatic carbocycles. The first-order valence-electron chi connectivity index (χ1n) is 6.13. The molecule has 0 aliphatic rings. The third-order valence-corrected chi connectivity index (χ3v) is 2.95. The molecule has 0 fully saturated rings. The molecule has 0 amide bonds. The Labute approximate surface area is 112 Å². The molecule has 0 aliphatic heterocycles. The van der Waals surface area contributed by atoms with Crippen LogP contribution in [0.2, 0.25) is 0 Å². The summed E-state index contributed by atoms with van der Waals surface area (Å²) in [7, 11) is 0. The zero-order chi connectivity index (χ0) is 13.7. The first-order valence-corrected chi connectivity index (χ1v) is 6.13. The second kappa shape index (κ2) is 6.00. The summed E-state index contributed by atoms with van der Waals surface area (Å²) in [5.74, 6) is -0.888. The van der Waals surface area contributed by atoms with E-state index < -0.39 is 5.97 Å². The van der Waals surface area contributed by atoms with Crippen molar-refractivity contribution in [3.63, 3.8) is 0 Å². The predicted octanol–water partition coefficient (Wildman–Crippen LogP) is 2.74. The molecule has 1 aromatic heterocycles. The van der Waals surface area contributed by atoms with Crippen molar-refractivity contribution in [3.8, 4) is 0 Å². The van der Waals surface area contributed by atoms with E-state index in [9.17, 15) is 4.79 Å². The minimum absolute atomic E-state index is 0.347. The molecule has 2 aromatic rings. The van der Waals surface area contributed by atoms with Crippen molar-refractivity contribution >= 4 is 11.7 Å². The molecule has 2 N–H and O–H groups in total. The maximum Gasteiger partial charge on any atom is 0.335 e. The summed E-state index contributed by atoms with van der Waals surface area (Å²) in [6.45, 7) is 2.60. The number of carboxylic acid groups (broad SMARTS) is 1. The molecule has 0 spiro atoms. The molecule has 0 radical (unpaired) electrons. The van der Waals surface area contributed by atoms with E-state index in [0.29, 0.717) is 5.56 Å². The average Bonchev–Trinajstić information content (AvgIpc) is 2.39. The van der Waals surface area contributed by atoms with Gasteiger partial charge in [0.05, 0.1) is 5.56 Å². The molecule has 0 aliphatic carbocycles. The summed E-state index contributed by atoms with van der Waals surface area (Å²) in [5, 5.41) is 12.2. The number of hydrogen-bond donors (Lipinski definition) is 2. The van der Waals surface area contributed by atoms with E-state index in [0.717, 1.165) is 24.2 Å². The fourth-order valence-corrected chi connectivity index (χ4v) is 1.91. The van der Waals surface area contributed by atoms with Crippen LogP contribution in [0.4, 0.5) is 5.69 Å². The SMILES string of the molecule is Cc1cc(NCCc2ccncc2)ccc1C(=O)O. The zero-order valence-corrected chi connectivity index (χ0v) is 10.8.